The number of hydrogen-bond donors (Lipinski definition) is 0. The molecule has 0 radical (unpaired) electrons. The summed E-state index contributed by atoms with van der Waals surface area (Å²) in [5, 5.41) is 0. The molecule has 1 aromatic rings. The van der Waals surface area contributed by atoms with Crippen LogP contribution in [0.1, 0.15) is 45.7 Å². The average molecular weight is 268 g/mol. The lowest BCUT2D eigenvalue weighted by Gasteiger charge is -2.22. The van der Waals surface area contributed by atoms with Crippen molar-refractivity contribution in [2.45, 2.75) is 26.1 Å². The van der Waals surface area contributed by atoms with Crippen LogP contribution in [-0.4, -0.2) is 17.4 Å². The molecule has 1 aromatic carbocycles. The van der Waals surface area contributed by atoms with Gasteiger partial charge in [0.1, 0.15) is 5.76 Å². The molecule has 4 heteroatoms. The highest BCUT2D eigenvalue weighted by Gasteiger charge is 2.41. The molecule has 0 saturated carbocycles. The molecular formula is C16H12O4. The van der Waals surface area contributed by atoms with Gasteiger partial charge in [0.05, 0.1) is 0 Å². The number of ketones is 2. The Bertz CT molecular complexity index is 750. The fourth-order valence-electron chi connectivity index (χ4n) is 3.00. The van der Waals surface area contributed by atoms with Crippen molar-refractivity contribution in [2.75, 3.05) is 0 Å². The highest BCUT2D eigenvalue weighted by molar-refractivity contribution is 6.23. The molecule has 0 spiro atoms. The summed E-state index contributed by atoms with van der Waals surface area (Å²) in [4.78, 5) is 24.0. The maximum Gasteiger partial charge on any atom is 0.245 e. The average Bonchev–Trinajstić information content (AvgIpc) is 2.85. The lowest BCUT2D eigenvalue weighted by atomic mass is 9.88. The molecule has 0 aromatic heterocycles. The predicted molar refractivity (Wildman–Crippen MR) is 71.1 cm³/mol. The number of benzene rings is 1. The molecule has 0 saturated heterocycles. The molecule has 20 heavy (non-hydrogen) atoms. The third kappa shape index (κ3) is 1.36. The van der Waals surface area contributed by atoms with Gasteiger partial charge in [-0.15, -0.1) is 0 Å². The number of carbonyl (C=O) groups excluding carboxylic acids is 2. The summed E-state index contributed by atoms with van der Waals surface area (Å²) in [5.41, 5.74) is 2.66. The van der Waals surface area contributed by atoms with Crippen molar-refractivity contribution in [1.29, 1.82) is 0 Å². The van der Waals surface area contributed by atoms with Gasteiger partial charge in [-0.2, -0.15) is 0 Å². The first-order chi connectivity index (χ1) is 9.46. The normalized spacial score (nSPS) is 21.3. The molecule has 3 aliphatic rings. The topological polar surface area (TPSA) is 52.6 Å². The van der Waals surface area contributed by atoms with Gasteiger partial charge in [0.15, 0.2) is 17.3 Å². The Kier molecular flexibility index (Phi) is 1.94. The van der Waals surface area contributed by atoms with Gasteiger partial charge in [-0.3, -0.25) is 9.59 Å². The van der Waals surface area contributed by atoms with Crippen molar-refractivity contribution >= 4 is 17.3 Å². The van der Waals surface area contributed by atoms with Crippen LogP contribution in [0.5, 0.6) is 0 Å². The third-order valence-corrected chi connectivity index (χ3v) is 3.76. The van der Waals surface area contributed by atoms with Gasteiger partial charge >= 0.3 is 0 Å². The van der Waals surface area contributed by atoms with Crippen LogP contribution in [0.25, 0.3) is 5.76 Å². The van der Waals surface area contributed by atoms with E-state index in [-0.39, 0.29) is 11.6 Å². The number of rotatable bonds is 0. The molecule has 0 fully saturated rings. The number of hydrogen-bond acceptors (Lipinski definition) is 4. The van der Waals surface area contributed by atoms with E-state index < -0.39 is 5.79 Å². The molecule has 4 nitrogen and oxygen atoms in total. The van der Waals surface area contributed by atoms with Crippen molar-refractivity contribution < 1.29 is 19.1 Å². The van der Waals surface area contributed by atoms with Crippen LogP contribution in [-0.2, 0) is 15.9 Å². The molecule has 0 unspecified atom stereocenters. The molecule has 1 heterocycles. The Morgan fingerprint density at radius 2 is 1.70 bits per heavy atom. The largest absolute Gasteiger partial charge is 0.453 e. The van der Waals surface area contributed by atoms with E-state index in [2.05, 4.69) is 0 Å². The summed E-state index contributed by atoms with van der Waals surface area (Å²) in [6.07, 6.45) is 3.16. The monoisotopic (exact) mass is 268 g/mol. The second kappa shape index (κ2) is 3.39. The number of ether oxygens (including phenoxy) is 2. The van der Waals surface area contributed by atoms with Crippen molar-refractivity contribution in [3.63, 3.8) is 0 Å². The summed E-state index contributed by atoms with van der Waals surface area (Å²) in [6, 6.07) is 3.54. The van der Waals surface area contributed by atoms with E-state index in [1.54, 1.807) is 6.07 Å². The first-order valence-electron chi connectivity index (χ1n) is 6.50. The Balaban J connectivity index is 1.89. The van der Waals surface area contributed by atoms with Crippen LogP contribution >= 0.6 is 0 Å². The molecule has 1 aliphatic heterocycles. The van der Waals surface area contributed by atoms with Crippen LogP contribution in [0.3, 0.4) is 0 Å². The third-order valence-electron chi connectivity index (χ3n) is 3.76. The standard InChI is InChI=1S/C16H12O4/c1-16(2)19-13-7-10-8(15(13)20-16)3-4-9-11(17)5-6-12(18)14(9)10/h3-6H,7H2,1-2H3. The molecule has 4 rings (SSSR count). The minimum Gasteiger partial charge on any atom is -0.453 e. The van der Waals surface area contributed by atoms with E-state index in [0.717, 1.165) is 16.9 Å². The van der Waals surface area contributed by atoms with Gasteiger partial charge < -0.3 is 9.47 Å². The van der Waals surface area contributed by atoms with Crippen molar-refractivity contribution in [1.82, 2.24) is 0 Å². The minimum atomic E-state index is -0.669. The number of allylic oxidation sites excluding steroid dienone is 3. The Hall–Kier alpha value is -2.36. The van der Waals surface area contributed by atoms with Gasteiger partial charge in [0.2, 0.25) is 5.79 Å². The predicted octanol–water partition coefficient (Wildman–Crippen LogP) is 2.63. The van der Waals surface area contributed by atoms with Crippen LogP contribution in [0, 0.1) is 0 Å². The van der Waals surface area contributed by atoms with Gasteiger partial charge in [0, 0.05) is 37.0 Å². The zero-order valence-corrected chi connectivity index (χ0v) is 11.1. The summed E-state index contributed by atoms with van der Waals surface area (Å²) in [5.74, 6) is 0.516. The maximum atomic E-state index is 12.1. The van der Waals surface area contributed by atoms with Gasteiger partial charge in [0.25, 0.3) is 0 Å². The van der Waals surface area contributed by atoms with Crippen molar-refractivity contribution in [3.8, 4) is 0 Å². The highest BCUT2D eigenvalue weighted by atomic mass is 16.7. The Morgan fingerprint density at radius 1 is 1.00 bits per heavy atom. The lowest BCUT2D eigenvalue weighted by molar-refractivity contribution is -0.112. The van der Waals surface area contributed by atoms with E-state index >= 15 is 0 Å². The fraction of sp³-hybridized carbons (Fsp3) is 0.250. The first kappa shape index (κ1) is 11.5. The van der Waals surface area contributed by atoms with Gasteiger partial charge in [-0.25, -0.2) is 0 Å². The van der Waals surface area contributed by atoms with Crippen LogP contribution in [0.15, 0.2) is 30.0 Å². The molecular weight excluding hydrogens is 256 g/mol. The molecule has 2 aliphatic carbocycles. The summed E-state index contributed by atoms with van der Waals surface area (Å²) >= 11 is 0. The van der Waals surface area contributed by atoms with Gasteiger partial charge in [-0.05, 0) is 23.8 Å². The maximum absolute atomic E-state index is 12.1. The van der Waals surface area contributed by atoms with E-state index in [4.69, 9.17) is 9.47 Å². The van der Waals surface area contributed by atoms with Crippen molar-refractivity contribution in [2.24, 2.45) is 0 Å². The molecule has 0 amide bonds. The summed E-state index contributed by atoms with van der Waals surface area (Å²) < 4.78 is 11.5. The van der Waals surface area contributed by atoms with Crippen molar-refractivity contribution in [3.05, 3.63) is 52.3 Å². The Labute approximate surface area is 115 Å². The zero-order valence-electron chi connectivity index (χ0n) is 11.1. The van der Waals surface area contributed by atoms with E-state index in [1.807, 2.05) is 19.9 Å². The fourth-order valence-corrected chi connectivity index (χ4v) is 3.00. The van der Waals surface area contributed by atoms with E-state index in [9.17, 15) is 9.59 Å². The molecule has 0 N–H and O–H groups in total. The summed E-state index contributed by atoms with van der Waals surface area (Å²) in [6.45, 7) is 3.70. The minimum absolute atomic E-state index is 0.128. The second-order valence-corrected chi connectivity index (χ2v) is 5.61. The molecule has 0 bridgehead atoms. The zero-order chi connectivity index (χ0) is 14.1. The SMILES string of the molecule is CC1(C)OC2=C(O1)c1ccc3c(c1C2)C(=O)C=CC3=O. The van der Waals surface area contributed by atoms with E-state index in [0.29, 0.717) is 23.3 Å². The first-order valence-corrected chi connectivity index (χ1v) is 6.50. The second-order valence-electron chi connectivity index (χ2n) is 5.61. The smallest absolute Gasteiger partial charge is 0.245 e. The van der Waals surface area contributed by atoms with Crippen LogP contribution in [0.2, 0.25) is 0 Å². The number of carbonyl (C=O) groups is 2. The Morgan fingerprint density at radius 3 is 2.50 bits per heavy atom. The number of fused-ring (bicyclic) bond motifs is 4. The van der Waals surface area contributed by atoms with Crippen LogP contribution < -0.4 is 0 Å². The van der Waals surface area contributed by atoms with Gasteiger partial charge in [-0.1, -0.05) is 6.07 Å². The lowest BCUT2D eigenvalue weighted by Crippen LogP contribution is -2.23. The molecule has 100 valence electrons. The summed E-state index contributed by atoms with van der Waals surface area (Å²) in [7, 11) is 0. The highest BCUT2D eigenvalue weighted by Crippen LogP contribution is 2.45. The molecule has 0 atom stereocenters. The quantitative estimate of drug-likeness (QED) is 0.725. The van der Waals surface area contributed by atoms with Crippen LogP contribution in [0.4, 0.5) is 0 Å². The van der Waals surface area contributed by atoms with E-state index in [1.165, 1.54) is 12.2 Å².